The molecule has 2 heterocycles. The summed E-state index contributed by atoms with van der Waals surface area (Å²) in [5.41, 5.74) is 3.88. The van der Waals surface area contributed by atoms with E-state index in [4.69, 9.17) is 9.72 Å². The lowest BCUT2D eigenvalue weighted by molar-refractivity contribution is 0.0315. The molecular formula is C22H24N2O2S. The Morgan fingerprint density at radius 3 is 2.67 bits per heavy atom. The molecule has 0 aliphatic carbocycles. The summed E-state index contributed by atoms with van der Waals surface area (Å²) in [6, 6.07) is 13.8. The van der Waals surface area contributed by atoms with Gasteiger partial charge in [0.15, 0.2) is 5.16 Å². The van der Waals surface area contributed by atoms with Crippen LogP contribution < -0.4 is 5.56 Å². The van der Waals surface area contributed by atoms with Crippen LogP contribution in [0.2, 0.25) is 0 Å². The van der Waals surface area contributed by atoms with Gasteiger partial charge < -0.3 is 4.74 Å². The molecule has 27 heavy (non-hydrogen) atoms. The fourth-order valence-electron chi connectivity index (χ4n) is 3.62. The zero-order valence-corrected chi connectivity index (χ0v) is 16.6. The lowest BCUT2D eigenvalue weighted by Crippen LogP contribution is -2.24. The van der Waals surface area contributed by atoms with Crippen LogP contribution in [0.1, 0.15) is 30.4 Å². The van der Waals surface area contributed by atoms with Gasteiger partial charge in [-0.2, -0.15) is 0 Å². The summed E-state index contributed by atoms with van der Waals surface area (Å²) >= 11 is 1.62. The first kappa shape index (κ1) is 18.3. The topological polar surface area (TPSA) is 44.1 Å². The van der Waals surface area contributed by atoms with Gasteiger partial charge in [-0.3, -0.25) is 9.36 Å². The Morgan fingerprint density at radius 1 is 1.15 bits per heavy atom. The first-order valence-electron chi connectivity index (χ1n) is 9.47. The number of aromatic nitrogens is 2. The van der Waals surface area contributed by atoms with E-state index in [2.05, 4.69) is 19.9 Å². The van der Waals surface area contributed by atoms with Crippen LogP contribution in [0.4, 0.5) is 0 Å². The molecule has 0 bridgehead atoms. The number of fused-ring (bicyclic) bond motifs is 1. The summed E-state index contributed by atoms with van der Waals surface area (Å²) in [6.07, 6.45) is 3.66. The van der Waals surface area contributed by atoms with Crippen molar-refractivity contribution in [1.29, 1.82) is 0 Å². The number of thioether (sulfide) groups is 1. The highest BCUT2D eigenvalue weighted by Crippen LogP contribution is 2.26. The zero-order valence-electron chi connectivity index (χ0n) is 15.8. The van der Waals surface area contributed by atoms with Gasteiger partial charge in [-0.05, 0) is 68.5 Å². The van der Waals surface area contributed by atoms with Gasteiger partial charge in [0.2, 0.25) is 0 Å². The third-order valence-corrected chi connectivity index (χ3v) is 5.95. The molecule has 1 aliphatic heterocycles. The Morgan fingerprint density at radius 2 is 1.93 bits per heavy atom. The fraction of sp³-hybridized carbons (Fsp3) is 0.364. The zero-order chi connectivity index (χ0) is 18.8. The average molecular weight is 381 g/mol. The quantitative estimate of drug-likeness (QED) is 0.488. The highest BCUT2D eigenvalue weighted by atomic mass is 32.2. The van der Waals surface area contributed by atoms with Crippen LogP contribution >= 0.6 is 11.8 Å². The van der Waals surface area contributed by atoms with Crippen molar-refractivity contribution in [2.45, 2.75) is 44.4 Å². The Balaban J connectivity index is 1.81. The lowest BCUT2D eigenvalue weighted by Gasteiger charge is -2.22. The largest absolute Gasteiger partial charge is 0.377 e. The van der Waals surface area contributed by atoms with Crippen LogP contribution in [0.5, 0.6) is 0 Å². The highest BCUT2D eigenvalue weighted by Gasteiger charge is 2.18. The van der Waals surface area contributed by atoms with Gasteiger partial charge in [0, 0.05) is 12.4 Å². The molecule has 1 saturated heterocycles. The molecule has 4 nitrogen and oxygen atoms in total. The SMILES string of the molecule is Cc1cc(C)cc(-n2c(SCC3CCCCO3)nc3ccccc3c2=O)c1. The average Bonchev–Trinajstić information content (AvgIpc) is 2.66. The van der Waals surface area contributed by atoms with Crippen LogP contribution in [0, 0.1) is 13.8 Å². The minimum atomic E-state index is -0.0161. The van der Waals surface area contributed by atoms with E-state index in [9.17, 15) is 4.79 Å². The molecule has 0 N–H and O–H groups in total. The van der Waals surface area contributed by atoms with Crippen LogP contribution in [0.25, 0.3) is 16.6 Å². The Kier molecular flexibility index (Phi) is 5.32. The number of nitrogens with zero attached hydrogens (tertiary/aromatic N) is 2. The molecule has 1 aromatic heterocycles. The Bertz CT molecular complexity index is 1000. The van der Waals surface area contributed by atoms with E-state index in [1.54, 1.807) is 16.3 Å². The predicted octanol–water partition coefficient (Wildman–Crippen LogP) is 4.66. The molecule has 2 aromatic carbocycles. The summed E-state index contributed by atoms with van der Waals surface area (Å²) in [5.74, 6) is 0.815. The monoisotopic (exact) mass is 380 g/mol. The molecule has 5 heteroatoms. The third-order valence-electron chi connectivity index (χ3n) is 4.88. The van der Waals surface area contributed by atoms with Crippen molar-refractivity contribution in [1.82, 2.24) is 9.55 Å². The van der Waals surface area contributed by atoms with Crippen LogP contribution in [0.15, 0.2) is 52.4 Å². The van der Waals surface area contributed by atoms with Gasteiger partial charge in [0.25, 0.3) is 5.56 Å². The smallest absolute Gasteiger partial charge is 0.266 e. The summed E-state index contributed by atoms with van der Waals surface area (Å²) in [7, 11) is 0. The first-order valence-corrected chi connectivity index (χ1v) is 10.5. The second-order valence-corrected chi connectivity index (χ2v) is 8.18. The number of para-hydroxylation sites is 1. The number of aryl methyl sites for hydroxylation is 2. The number of hydrogen-bond acceptors (Lipinski definition) is 4. The second-order valence-electron chi connectivity index (χ2n) is 7.20. The minimum absolute atomic E-state index is 0.0161. The molecule has 0 radical (unpaired) electrons. The number of ether oxygens (including phenoxy) is 1. The van der Waals surface area contributed by atoms with E-state index in [1.807, 2.05) is 36.4 Å². The van der Waals surface area contributed by atoms with Crippen molar-refractivity contribution >= 4 is 22.7 Å². The van der Waals surface area contributed by atoms with E-state index in [-0.39, 0.29) is 11.7 Å². The molecule has 1 aliphatic rings. The first-order chi connectivity index (χ1) is 13.1. The molecule has 0 saturated carbocycles. The van der Waals surface area contributed by atoms with E-state index in [0.717, 1.165) is 52.7 Å². The third kappa shape index (κ3) is 3.94. The van der Waals surface area contributed by atoms with Crippen molar-refractivity contribution in [2.24, 2.45) is 0 Å². The number of hydrogen-bond donors (Lipinski definition) is 0. The van der Waals surface area contributed by atoms with Gasteiger partial charge in [0.1, 0.15) is 0 Å². The molecule has 1 atom stereocenters. The van der Waals surface area contributed by atoms with Gasteiger partial charge >= 0.3 is 0 Å². The van der Waals surface area contributed by atoms with Crippen LogP contribution in [-0.2, 0) is 4.74 Å². The van der Waals surface area contributed by atoms with Crippen LogP contribution in [0.3, 0.4) is 0 Å². The number of rotatable bonds is 4. The normalized spacial score (nSPS) is 17.3. The molecule has 140 valence electrons. The van der Waals surface area contributed by atoms with Crippen molar-refractivity contribution in [2.75, 3.05) is 12.4 Å². The molecule has 4 rings (SSSR count). The van der Waals surface area contributed by atoms with Crippen molar-refractivity contribution in [3.63, 3.8) is 0 Å². The summed E-state index contributed by atoms with van der Waals surface area (Å²) in [5, 5.41) is 1.38. The molecule has 1 fully saturated rings. The second kappa shape index (κ2) is 7.87. The minimum Gasteiger partial charge on any atom is -0.377 e. The van der Waals surface area contributed by atoms with E-state index >= 15 is 0 Å². The van der Waals surface area contributed by atoms with Crippen molar-refractivity contribution < 1.29 is 4.74 Å². The maximum Gasteiger partial charge on any atom is 0.266 e. The van der Waals surface area contributed by atoms with Gasteiger partial charge in [0.05, 0.1) is 22.7 Å². The standard InChI is InChI=1S/C22H24N2O2S/c1-15-11-16(2)13-17(12-15)24-21(25)19-8-3-4-9-20(19)23-22(24)27-14-18-7-5-6-10-26-18/h3-4,8-9,11-13,18H,5-7,10,14H2,1-2H3. The molecular weight excluding hydrogens is 356 g/mol. The fourth-order valence-corrected chi connectivity index (χ4v) is 4.70. The summed E-state index contributed by atoms with van der Waals surface area (Å²) < 4.78 is 7.62. The van der Waals surface area contributed by atoms with E-state index in [0.29, 0.717) is 5.39 Å². The Hall–Kier alpha value is -2.11. The molecule has 0 spiro atoms. The van der Waals surface area contributed by atoms with Gasteiger partial charge in [-0.1, -0.05) is 30.0 Å². The van der Waals surface area contributed by atoms with E-state index in [1.165, 1.54) is 6.42 Å². The highest BCUT2D eigenvalue weighted by molar-refractivity contribution is 7.99. The van der Waals surface area contributed by atoms with Crippen LogP contribution in [-0.4, -0.2) is 28.0 Å². The van der Waals surface area contributed by atoms with Gasteiger partial charge in [-0.15, -0.1) is 0 Å². The predicted molar refractivity (Wildman–Crippen MR) is 111 cm³/mol. The van der Waals surface area contributed by atoms with Crippen molar-refractivity contribution in [3.05, 3.63) is 63.9 Å². The maximum absolute atomic E-state index is 13.3. The Labute approximate surface area is 163 Å². The summed E-state index contributed by atoms with van der Waals surface area (Å²) in [4.78, 5) is 18.1. The molecule has 0 amide bonds. The summed E-state index contributed by atoms with van der Waals surface area (Å²) in [6.45, 7) is 4.94. The number of benzene rings is 2. The molecule has 1 unspecified atom stereocenters. The maximum atomic E-state index is 13.3. The lowest BCUT2D eigenvalue weighted by atomic mass is 10.1. The van der Waals surface area contributed by atoms with E-state index < -0.39 is 0 Å². The van der Waals surface area contributed by atoms with Crippen molar-refractivity contribution in [3.8, 4) is 5.69 Å². The van der Waals surface area contributed by atoms with Gasteiger partial charge in [-0.25, -0.2) is 4.98 Å². The molecule has 3 aromatic rings.